The summed E-state index contributed by atoms with van der Waals surface area (Å²) in [7, 11) is 0. The molecular weight excluding hydrogens is 310 g/mol. The minimum atomic E-state index is -1.51. The van der Waals surface area contributed by atoms with Crippen LogP contribution in [0.3, 0.4) is 0 Å². The highest BCUT2D eigenvalue weighted by Gasteiger charge is 2.56. The Balaban J connectivity index is 2.05. The molecule has 1 aromatic carbocycles. The maximum absolute atomic E-state index is 12.8. The van der Waals surface area contributed by atoms with Crippen LogP contribution in [0.1, 0.15) is 31.7 Å². The number of urea groups is 1. The van der Waals surface area contributed by atoms with Gasteiger partial charge in [-0.1, -0.05) is 18.6 Å². The number of nitrogens with zero attached hydrogens (tertiary/aromatic N) is 1. The average Bonchev–Trinajstić information content (AvgIpc) is 2.57. The van der Waals surface area contributed by atoms with Crippen molar-refractivity contribution >= 4 is 17.8 Å². The molecule has 2 heterocycles. The fraction of sp³-hybridized carbons (Fsp3) is 0.471. The molecule has 7 heteroatoms. The Morgan fingerprint density at radius 3 is 2.12 bits per heavy atom. The Labute approximate surface area is 140 Å². The Kier molecular flexibility index (Phi) is 4.53. The third kappa shape index (κ3) is 2.65. The normalized spacial score (nSPS) is 21.1. The van der Waals surface area contributed by atoms with Crippen LogP contribution in [0.5, 0.6) is 5.75 Å². The standard InChI is InChI=1S/C17H21N3O4/c1-2-24-13-8-6-12(7-9-13)17(20-10-4-3-5-11-20)14(21)18-16(23)19-15(17)22/h6-9H,2-5,10-11H2,1H3,(H2,18,19,21,22,23). The molecule has 4 amide bonds. The van der Waals surface area contributed by atoms with E-state index in [1.54, 1.807) is 24.3 Å². The molecule has 2 aliphatic heterocycles. The number of carbonyl (C=O) groups excluding carboxylic acids is 3. The van der Waals surface area contributed by atoms with E-state index in [1.165, 1.54) is 0 Å². The number of ether oxygens (including phenoxy) is 1. The smallest absolute Gasteiger partial charge is 0.328 e. The molecule has 2 saturated heterocycles. The fourth-order valence-corrected chi connectivity index (χ4v) is 3.44. The van der Waals surface area contributed by atoms with Gasteiger partial charge < -0.3 is 4.74 Å². The first-order valence-electron chi connectivity index (χ1n) is 8.24. The lowest BCUT2D eigenvalue weighted by atomic mass is 9.83. The van der Waals surface area contributed by atoms with E-state index in [9.17, 15) is 14.4 Å². The van der Waals surface area contributed by atoms with Gasteiger partial charge in [-0.15, -0.1) is 0 Å². The number of imide groups is 2. The van der Waals surface area contributed by atoms with Gasteiger partial charge in [0.05, 0.1) is 6.61 Å². The minimum Gasteiger partial charge on any atom is -0.494 e. The molecule has 2 fully saturated rings. The largest absolute Gasteiger partial charge is 0.494 e. The number of carbonyl (C=O) groups is 3. The van der Waals surface area contributed by atoms with Crippen molar-refractivity contribution in [2.75, 3.05) is 19.7 Å². The summed E-state index contributed by atoms with van der Waals surface area (Å²) in [5.74, 6) is -0.521. The molecule has 1 aromatic rings. The van der Waals surface area contributed by atoms with Crippen LogP contribution < -0.4 is 15.4 Å². The number of amides is 4. The zero-order valence-corrected chi connectivity index (χ0v) is 13.6. The SMILES string of the molecule is CCOc1ccc(C2(N3CCCCC3)C(=O)NC(=O)NC2=O)cc1. The van der Waals surface area contributed by atoms with Crippen LogP contribution in [-0.2, 0) is 15.1 Å². The number of hydrogen-bond acceptors (Lipinski definition) is 5. The first kappa shape index (κ1) is 16.4. The van der Waals surface area contributed by atoms with Gasteiger partial charge in [-0.05, 0) is 50.6 Å². The molecule has 3 rings (SSSR count). The van der Waals surface area contributed by atoms with Gasteiger partial charge in [0.2, 0.25) is 5.54 Å². The summed E-state index contributed by atoms with van der Waals surface area (Å²) in [5.41, 5.74) is -0.977. The van der Waals surface area contributed by atoms with Gasteiger partial charge in [0.1, 0.15) is 5.75 Å². The molecule has 0 radical (unpaired) electrons. The van der Waals surface area contributed by atoms with E-state index in [0.29, 0.717) is 31.0 Å². The van der Waals surface area contributed by atoms with Crippen LogP contribution in [0, 0.1) is 0 Å². The monoisotopic (exact) mass is 331 g/mol. The van der Waals surface area contributed by atoms with Crippen LogP contribution >= 0.6 is 0 Å². The van der Waals surface area contributed by atoms with Gasteiger partial charge in [0.25, 0.3) is 11.8 Å². The maximum atomic E-state index is 12.8. The third-order valence-electron chi connectivity index (χ3n) is 4.52. The summed E-state index contributed by atoms with van der Waals surface area (Å²) in [6.45, 7) is 3.67. The van der Waals surface area contributed by atoms with E-state index in [-0.39, 0.29) is 0 Å². The van der Waals surface area contributed by atoms with Crippen molar-refractivity contribution in [1.82, 2.24) is 15.5 Å². The van der Waals surface area contributed by atoms with Crippen molar-refractivity contribution < 1.29 is 19.1 Å². The number of hydrogen-bond donors (Lipinski definition) is 2. The van der Waals surface area contributed by atoms with E-state index in [1.807, 2.05) is 11.8 Å². The summed E-state index contributed by atoms with van der Waals surface area (Å²) in [4.78, 5) is 39.0. The molecule has 0 unspecified atom stereocenters. The van der Waals surface area contributed by atoms with Crippen molar-refractivity contribution in [3.8, 4) is 5.75 Å². The number of barbiturate groups is 1. The van der Waals surface area contributed by atoms with E-state index in [2.05, 4.69) is 10.6 Å². The first-order chi connectivity index (χ1) is 11.6. The molecule has 7 nitrogen and oxygen atoms in total. The molecule has 0 aliphatic carbocycles. The van der Waals surface area contributed by atoms with Gasteiger partial charge in [0, 0.05) is 0 Å². The van der Waals surface area contributed by atoms with Gasteiger partial charge >= 0.3 is 6.03 Å². The molecule has 24 heavy (non-hydrogen) atoms. The van der Waals surface area contributed by atoms with Gasteiger partial charge in [-0.25, -0.2) is 4.79 Å². The summed E-state index contributed by atoms with van der Waals surface area (Å²) in [6, 6.07) is 6.13. The number of likely N-dealkylation sites (tertiary alicyclic amines) is 1. The van der Waals surface area contributed by atoms with Crippen LogP contribution in [-0.4, -0.2) is 42.4 Å². The van der Waals surface area contributed by atoms with Crippen molar-refractivity contribution in [2.24, 2.45) is 0 Å². The number of nitrogens with one attached hydrogen (secondary N) is 2. The molecule has 0 bridgehead atoms. The summed E-state index contributed by atoms with van der Waals surface area (Å²) >= 11 is 0. The predicted octanol–water partition coefficient (Wildman–Crippen LogP) is 1.13. The van der Waals surface area contributed by atoms with E-state index < -0.39 is 23.4 Å². The summed E-state index contributed by atoms with van der Waals surface area (Å²) in [6.07, 6.45) is 2.89. The quantitative estimate of drug-likeness (QED) is 0.808. The van der Waals surface area contributed by atoms with Crippen molar-refractivity contribution in [3.05, 3.63) is 29.8 Å². The second-order valence-electron chi connectivity index (χ2n) is 5.95. The Bertz CT molecular complexity index is 630. The molecule has 128 valence electrons. The molecule has 0 atom stereocenters. The second kappa shape index (κ2) is 6.60. The van der Waals surface area contributed by atoms with E-state index >= 15 is 0 Å². The second-order valence-corrected chi connectivity index (χ2v) is 5.95. The lowest BCUT2D eigenvalue weighted by molar-refractivity contribution is -0.149. The fourth-order valence-electron chi connectivity index (χ4n) is 3.44. The van der Waals surface area contributed by atoms with Gasteiger partial charge in [-0.3, -0.25) is 25.1 Å². The van der Waals surface area contributed by atoms with E-state index in [0.717, 1.165) is 19.3 Å². The Hall–Kier alpha value is -2.41. The first-order valence-corrected chi connectivity index (χ1v) is 8.24. The van der Waals surface area contributed by atoms with Gasteiger partial charge in [0.15, 0.2) is 0 Å². The Morgan fingerprint density at radius 1 is 1.00 bits per heavy atom. The predicted molar refractivity (Wildman–Crippen MR) is 86.4 cm³/mol. The summed E-state index contributed by atoms with van der Waals surface area (Å²) in [5, 5.41) is 4.51. The molecule has 0 spiro atoms. The van der Waals surface area contributed by atoms with Crippen LogP contribution in [0.4, 0.5) is 4.79 Å². The van der Waals surface area contributed by atoms with Crippen molar-refractivity contribution in [3.63, 3.8) is 0 Å². The van der Waals surface area contributed by atoms with Crippen molar-refractivity contribution in [2.45, 2.75) is 31.7 Å². The molecule has 2 N–H and O–H groups in total. The van der Waals surface area contributed by atoms with E-state index in [4.69, 9.17) is 4.74 Å². The third-order valence-corrected chi connectivity index (χ3v) is 4.52. The van der Waals surface area contributed by atoms with Gasteiger partial charge in [-0.2, -0.15) is 0 Å². The molecular formula is C17H21N3O4. The number of benzene rings is 1. The minimum absolute atomic E-state index is 0.534. The van der Waals surface area contributed by atoms with Crippen LogP contribution in [0.25, 0.3) is 0 Å². The Morgan fingerprint density at radius 2 is 1.58 bits per heavy atom. The number of rotatable bonds is 4. The average molecular weight is 331 g/mol. The lowest BCUT2D eigenvalue weighted by Gasteiger charge is -2.44. The highest BCUT2D eigenvalue weighted by Crippen LogP contribution is 2.34. The highest BCUT2D eigenvalue weighted by atomic mass is 16.5. The highest BCUT2D eigenvalue weighted by molar-refractivity contribution is 6.22. The zero-order chi connectivity index (χ0) is 17.2. The lowest BCUT2D eigenvalue weighted by Crippen LogP contribution is -2.71. The van der Waals surface area contributed by atoms with Crippen LogP contribution in [0.15, 0.2) is 24.3 Å². The zero-order valence-electron chi connectivity index (χ0n) is 13.6. The topological polar surface area (TPSA) is 87.7 Å². The summed E-state index contributed by atoms with van der Waals surface area (Å²) < 4.78 is 5.43. The maximum Gasteiger partial charge on any atom is 0.328 e. The van der Waals surface area contributed by atoms with Crippen LogP contribution in [0.2, 0.25) is 0 Å². The van der Waals surface area contributed by atoms with Crippen molar-refractivity contribution in [1.29, 1.82) is 0 Å². The number of piperidine rings is 1. The molecule has 0 aromatic heterocycles. The molecule has 0 saturated carbocycles. The molecule has 2 aliphatic rings.